The van der Waals surface area contributed by atoms with Crippen LogP contribution in [0.25, 0.3) is 10.9 Å². The van der Waals surface area contributed by atoms with Gasteiger partial charge in [0, 0.05) is 11.6 Å². The summed E-state index contributed by atoms with van der Waals surface area (Å²) in [6, 6.07) is 18.6. The fourth-order valence-electron chi connectivity index (χ4n) is 2.42. The second kappa shape index (κ2) is 4.73. The van der Waals surface area contributed by atoms with Gasteiger partial charge in [-0.1, -0.05) is 48.0 Å². The number of pyridine rings is 1. The highest BCUT2D eigenvalue weighted by Gasteiger charge is 2.24. The van der Waals surface area contributed by atoms with Crippen molar-refractivity contribution in [2.24, 2.45) is 5.73 Å². The molecule has 1 unspecified atom stereocenters. The van der Waals surface area contributed by atoms with Crippen LogP contribution >= 0.6 is 0 Å². The van der Waals surface area contributed by atoms with E-state index in [0.717, 1.165) is 22.0 Å². The van der Waals surface area contributed by atoms with Crippen LogP contribution in [0.2, 0.25) is 0 Å². The van der Waals surface area contributed by atoms with Gasteiger partial charge in [-0.15, -0.1) is 0 Å². The Bertz CT molecular complexity index is 743. The highest BCUT2D eigenvalue weighted by molar-refractivity contribution is 5.79. The van der Waals surface area contributed by atoms with Crippen molar-refractivity contribution in [2.45, 2.75) is 19.4 Å². The van der Waals surface area contributed by atoms with Crippen LogP contribution < -0.4 is 5.73 Å². The number of hydrogen-bond donors (Lipinski definition) is 1. The number of nitrogens with two attached hydrogens (primary N) is 1. The molecule has 0 saturated carbocycles. The molecule has 0 fully saturated rings. The first-order valence-corrected chi connectivity index (χ1v) is 6.79. The van der Waals surface area contributed by atoms with Crippen LogP contribution in [0.15, 0.2) is 60.8 Å². The van der Waals surface area contributed by atoms with Gasteiger partial charge in [-0.25, -0.2) is 0 Å². The van der Waals surface area contributed by atoms with Gasteiger partial charge in [0.2, 0.25) is 0 Å². The minimum Gasteiger partial charge on any atom is -0.318 e. The third-order valence-electron chi connectivity index (χ3n) is 3.84. The number of rotatable bonds is 2. The van der Waals surface area contributed by atoms with Crippen LogP contribution in [0.3, 0.4) is 0 Å². The summed E-state index contributed by atoms with van der Waals surface area (Å²) in [6.45, 7) is 4.11. The molecule has 2 heteroatoms. The Morgan fingerprint density at radius 1 is 0.950 bits per heavy atom. The number of aromatic nitrogens is 1. The lowest BCUT2D eigenvalue weighted by Gasteiger charge is -2.26. The molecule has 1 heterocycles. The lowest BCUT2D eigenvalue weighted by atomic mass is 9.86. The molecule has 2 aromatic carbocycles. The Morgan fingerprint density at radius 3 is 2.40 bits per heavy atom. The maximum atomic E-state index is 6.56. The van der Waals surface area contributed by atoms with Gasteiger partial charge >= 0.3 is 0 Å². The molecule has 3 aromatic rings. The van der Waals surface area contributed by atoms with E-state index in [2.05, 4.69) is 48.3 Å². The van der Waals surface area contributed by atoms with Gasteiger partial charge in [-0.05, 0) is 37.1 Å². The van der Waals surface area contributed by atoms with Crippen molar-refractivity contribution in [2.75, 3.05) is 0 Å². The standard InChI is InChI=1S/C18H18N2/c1-13-7-9-15(10-8-13)18(2,19)16-11-14-5-3-4-6-17(14)20-12-16/h3-12H,19H2,1-2H3. The molecule has 0 spiro atoms. The molecule has 0 aliphatic heterocycles. The van der Waals surface area contributed by atoms with Gasteiger partial charge in [0.15, 0.2) is 0 Å². The van der Waals surface area contributed by atoms with E-state index < -0.39 is 5.54 Å². The van der Waals surface area contributed by atoms with Crippen LogP contribution in [0.4, 0.5) is 0 Å². The number of benzene rings is 2. The number of fused-ring (bicyclic) bond motifs is 1. The normalized spacial score (nSPS) is 14.2. The highest BCUT2D eigenvalue weighted by Crippen LogP contribution is 2.28. The fraction of sp³-hybridized carbons (Fsp3) is 0.167. The number of aryl methyl sites for hydroxylation is 1. The summed E-state index contributed by atoms with van der Waals surface area (Å²) in [5.41, 5.74) is 10.4. The molecule has 100 valence electrons. The van der Waals surface area contributed by atoms with Crippen LogP contribution in [0, 0.1) is 6.92 Å². The van der Waals surface area contributed by atoms with Crippen molar-refractivity contribution >= 4 is 10.9 Å². The first kappa shape index (κ1) is 12.8. The van der Waals surface area contributed by atoms with Gasteiger partial charge in [-0.3, -0.25) is 4.98 Å². The van der Waals surface area contributed by atoms with Crippen molar-refractivity contribution in [3.63, 3.8) is 0 Å². The van der Waals surface area contributed by atoms with Crippen LogP contribution in [0.5, 0.6) is 0 Å². The third-order valence-corrected chi connectivity index (χ3v) is 3.84. The molecule has 3 rings (SSSR count). The second-order valence-corrected chi connectivity index (χ2v) is 5.49. The SMILES string of the molecule is Cc1ccc(C(C)(N)c2cnc3ccccc3c2)cc1. The number of para-hydroxylation sites is 1. The van der Waals surface area contributed by atoms with E-state index in [-0.39, 0.29) is 0 Å². The van der Waals surface area contributed by atoms with E-state index in [9.17, 15) is 0 Å². The van der Waals surface area contributed by atoms with E-state index in [1.54, 1.807) is 0 Å². The maximum absolute atomic E-state index is 6.56. The lowest BCUT2D eigenvalue weighted by Crippen LogP contribution is -2.34. The molecule has 0 amide bonds. The largest absolute Gasteiger partial charge is 0.318 e. The van der Waals surface area contributed by atoms with Gasteiger partial charge < -0.3 is 5.73 Å². The monoisotopic (exact) mass is 262 g/mol. The molecule has 0 radical (unpaired) electrons. The average Bonchev–Trinajstić information content (AvgIpc) is 2.47. The summed E-state index contributed by atoms with van der Waals surface area (Å²) >= 11 is 0. The van der Waals surface area contributed by atoms with Gasteiger partial charge in [0.25, 0.3) is 0 Å². The van der Waals surface area contributed by atoms with Gasteiger partial charge in [0.05, 0.1) is 11.1 Å². The lowest BCUT2D eigenvalue weighted by molar-refractivity contribution is 0.601. The third kappa shape index (κ3) is 2.19. The van der Waals surface area contributed by atoms with Crippen LogP contribution in [0.1, 0.15) is 23.6 Å². The Labute approximate surface area is 119 Å². The predicted octanol–water partition coefficient (Wildman–Crippen LogP) is 3.77. The van der Waals surface area contributed by atoms with E-state index in [1.807, 2.05) is 31.3 Å². The zero-order chi connectivity index (χ0) is 14.2. The van der Waals surface area contributed by atoms with Crippen LogP contribution in [-0.2, 0) is 5.54 Å². The summed E-state index contributed by atoms with van der Waals surface area (Å²) < 4.78 is 0. The predicted molar refractivity (Wildman–Crippen MR) is 83.6 cm³/mol. The summed E-state index contributed by atoms with van der Waals surface area (Å²) in [5, 5.41) is 1.12. The Hall–Kier alpha value is -2.19. The van der Waals surface area contributed by atoms with Crippen molar-refractivity contribution in [3.05, 3.63) is 77.5 Å². The molecular weight excluding hydrogens is 244 g/mol. The maximum Gasteiger partial charge on any atom is 0.0702 e. The molecule has 0 bridgehead atoms. The van der Waals surface area contributed by atoms with E-state index >= 15 is 0 Å². The summed E-state index contributed by atoms with van der Waals surface area (Å²) in [6.07, 6.45) is 1.88. The molecule has 2 N–H and O–H groups in total. The van der Waals surface area contributed by atoms with E-state index in [0.29, 0.717) is 0 Å². The van der Waals surface area contributed by atoms with E-state index in [4.69, 9.17) is 5.73 Å². The molecule has 2 nitrogen and oxygen atoms in total. The summed E-state index contributed by atoms with van der Waals surface area (Å²) in [4.78, 5) is 4.51. The van der Waals surface area contributed by atoms with Crippen molar-refractivity contribution in [1.82, 2.24) is 4.98 Å². The summed E-state index contributed by atoms with van der Waals surface area (Å²) in [5.74, 6) is 0. The summed E-state index contributed by atoms with van der Waals surface area (Å²) in [7, 11) is 0. The number of nitrogens with zero attached hydrogens (tertiary/aromatic N) is 1. The van der Waals surface area contributed by atoms with Crippen LogP contribution in [-0.4, -0.2) is 4.98 Å². The fourth-order valence-corrected chi connectivity index (χ4v) is 2.42. The highest BCUT2D eigenvalue weighted by atomic mass is 14.8. The molecule has 0 aliphatic rings. The Kier molecular flexibility index (Phi) is 3.03. The van der Waals surface area contributed by atoms with Crippen molar-refractivity contribution in [3.8, 4) is 0 Å². The average molecular weight is 262 g/mol. The zero-order valence-corrected chi connectivity index (χ0v) is 11.8. The molecule has 0 aliphatic carbocycles. The molecule has 0 saturated heterocycles. The zero-order valence-electron chi connectivity index (χ0n) is 11.8. The topological polar surface area (TPSA) is 38.9 Å². The number of hydrogen-bond acceptors (Lipinski definition) is 2. The van der Waals surface area contributed by atoms with Gasteiger partial charge in [0.1, 0.15) is 0 Å². The second-order valence-electron chi connectivity index (χ2n) is 5.49. The smallest absolute Gasteiger partial charge is 0.0702 e. The molecule has 1 atom stereocenters. The molecule has 1 aromatic heterocycles. The molecular formula is C18H18N2. The first-order valence-electron chi connectivity index (χ1n) is 6.79. The first-order chi connectivity index (χ1) is 9.57. The van der Waals surface area contributed by atoms with Crippen molar-refractivity contribution in [1.29, 1.82) is 0 Å². The molecule has 20 heavy (non-hydrogen) atoms. The minimum atomic E-state index is -0.537. The Morgan fingerprint density at radius 2 is 1.65 bits per heavy atom. The Balaban J connectivity index is 2.10. The van der Waals surface area contributed by atoms with Gasteiger partial charge in [-0.2, -0.15) is 0 Å². The van der Waals surface area contributed by atoms with Crippen molar-refractivity contribution < 1.29 is 0 Å². The van der Waals surface area contributed by atoms with E-state index in [1.165, 1.54) is 5.56 Å². The minimum absolute atomic E-state index is 0.537. The quantitative estimate of drug-likeness (QED) is 0.763.